The minimum atomic E-state index is -3.68. The Morgan fingerprint density at radius 3 is 2.52 bits per heavy atom. The zero-order chi connectivity index (χ0) is 21.0. The van der Waals surface area contributed by atoms with E-state index in [1.165, 1.54) is 0 Å². The van der Waals surface area contributed by atoms with E-state index in [0.29, 0.717) is 10.7 Å². The van der Waals surface area contributed by atoms with Crippen LogP contribution in [0.4, 0.5) is 5.69 Å². The van der Waals surface area contributed by atoms with Gasteiger partial charge in [-0.05, 0) is 42.8 Å². The molecule has 0 fully saturated rings. The molecule has 1 N–H and O–H groups in total. The third-order valence-corrected chi connectivity index (χ3v) is 5.89. The van der Waals surface area contributed by atoms with Gasteiger partial charge in [-0.1, -0.05) is 29.8 Å². The molecule has 3 aromatic rings. The van der Waals surface area contributed by atoms with Crippen molar-refractivity contribution in [1.29, 1.82) is 0 Å². The number of para-hydroxylation sites is 1. The summed E-state index contributed by atoms with van der Waals surface area (Å²) in [6.07, 6.45) is 6.23. The number of rotatable bonds is 7. The maximum atomic E-state index is 12.8. The molecule has 0 aliphatic carbocycles. The lowest BCUT2D eigenvalue weighted by molar-refractivity contribution is -0.122. The summed E-state index contributed by atoms with van der Waals surface area (Å²) >= 11 is 5.89. The average molecular weight is 433 g/mol. The summed E-state index contributed by atoms with van der Waals surface area (Å²) in [6.45, 7) is 1.79. The normalized spacial score (nSPS) is 12.4. The average Bonchev–Trinajstić information content (AvgIpc) is 3.21. The van der Waals surface area contributed by atoms with Gasteiger partial charge in [0.1, 0.15) is 6.04 Å². The van der Waals surface area contributed by atoms with E-state index in [9.17, 15) is 13.2 Å². The number of sulfonamides is 1. The first-order valence-electron chi connectivity index (χ1n) is 8.86. The topological polar surface area (TPSA) is 84.3 Å². The Hall–Kier alpha value is -2.84. The molecule has 0 aliphatic rings. The number of aromatic nitrogens is 2. The molecular formula is C20H21ClN4O3S. The first-order chi connectivity index (χ1) is 13.8. The van der Waals surface area contributed by atoms with Gasteiger partial charge in [-0.15, -0.1) is 0 Å². The van der Waals surface area contributed by atoms with Crippen LogP contribution in [0.1, 0.15) is 12.5 Å². The molecule has 7 nitrogen and oxygen atoms in total. The lowest BCUT2D eigenvalue weighted by Gasteiger charge is -2.28. The van der Waals surface area contributed by atoms with Crippen molar-refractivity contribution in [1.82, 2.24) is 14.9 Å². The Kier molecular flexibility index (Phi) is 6.24. The van der Waals surface area contributed by atoms with E-state index in [1.54, 1.807) is 43.7 Å². The van der Waals surface area contributed by atoms with E-state index >= 15 is 0 Å². The van der Waals surface area contributed by atoms with E-state index in [4.69, 9.17) is 11.6 Å². The van der Waals surface area contributed by atoms with Gasteiger partial charge in [0.05, 0.1) is 24.0 Å². The molecule has 0 aliphatic heterocycles. The van der Waals surface area contributed by atoms with Crippen molar-refractivity contribution in [3.05, 3.63) is 77.8 Å². The number of hydrogen-bond acceptors (Lipinski definition) is 4. The highest BCUT2D eigenvalue weighted by molar-refractivity contribution is 7.92. The Morgan fingerprint density at radius 2 is 1.90 bits per heavy atom. The second-order valence-electron chi connectivity index (χ2n) is 6.53. The Morgan fingerprint density at radius 1 is 1.21 bits per heavy atom. The van der Waals surface area contributed by atoms with Crippen LogP contribution >= 0.6 is 11.6 Å². The van der Waals surface area contributed by atoms with Gasteiger partial charge in [-0.25, -0.2) is 13.4 Å². The molecule has 0 saturated heterocycles. The molecule has 9 heteroatoms. The highest BCUT2D eigenvalue weighted by Gasteiger charge is 2.29. The van der Waals surface area contributed by atoms with Crippen LogP contribution in [0.15, 0.2) is 67.3 Å². The number of benzene rings is 2. The van der Waals surface area contributed by atoms with Gasteiger partial charge in [-0.3, -0.25) is 9.10 Å². The van der Waals surface area contributed by atoms with E-state index < -0.39 is 22.0 Å². The lowest BCUT2D eigenvalue weighted by Crippen LogP contribution is -2.47. The number of imidazole rings is 1. The van der Waals surface area contributed by atoms with Crippen molar-refractivity contribution >= 4 is 33.2 Å². The molecule has 2 aromatic carbocycles. The maximum absolute atomic E-state index is 12.8. The van der Waals surface area contributed by atoms with Crippen LogP contribution in [0, 0.1) is 0 Å². The minimum Gasteiger partial charge on any atom is -0.350 e. The van der Waals surface area contributed by atoms with Crippen molar-refractivity contribution in [2.45, 2.75) is 19.5 Å². The molecule has 1 amide bonds. The number of carbonyl (C=O) groups excluding carboxylic acids is 1. The summed E-state index contributed by atoms with van der Waals surface area (Å²) in [5.41, 5.74) is 2.14. The SMILES string of the molecule is C[C@H](C(=O)NCc1ccccc1-n1ccnc1)N(c1ccc(Cl)cc1)S(C)(=O)=O. The van der Waals surface area contributed by atoms with Crippen molar-refractivity contribution in [3.63, 3.8) is 0 Å². The highest BCUT2D eigenvalue weighted by atomic mass is 35.5. The van der Waals surface area contributed by atoms with Gasteiger partial charge in [-0.2, -0.15) is 0 Å². The molecule has 1 aromatic heterocycles. The largest absolute Gasteiger partial charge is 0.350 e. The molecule has 0 radical (unpaired) electrons. The fraction of sp³-hybridized carbons (Fsp3) is 0.200. The van der Waals surface area contributed by atoms with Crippen LogP contribution in [0.3, 0.4) is 0 Å². The van der Waals surface area contributed by atoms with Crippen LogP contribution in [-0.2, 0) is 21.4 Å². The predicted molar refractivity (Wildman–Crippen MR) is 114 cm³/mol. The van der Waals surface area contributed by atoms with Crippen LogP contribution < -0.4 is 9.62 Å². The lowest BCUT2D eigenvalue weighted by atomic mass is 10.1. The second-order valence-corrected chi connectivity index (χ2v) is 8.82. The maximum Gasteiger partial charge on any atom is 0.243 e. The quantitative estimate of drug-likeness (QED) is 0.622. The number of amides is 1. The smallest absolute Gasteiger partial charge is 0.243 e. The summed E-state index contributed by atoms with van der Waals surface area (Å²) in [7, 11) is -3.68. The number of carbonyl (C=O) groups is 1. The highest BCUT2D eigenvalue weighted by Crippen LogP contribution is 2.23. The van der Waals surface area contributed by atoms with Gasteiger partial charge in [0, 0.05) is 24.0 Å². The van der Waals surface area contributed by atoms with Gasteiger partial charge in [0.25, 0.3) is 0 Å². The van der Waals surface area contributed by atoms with Gasteiger partial charge in [0.15, 0.2) is 0 Å². The van der Waals surface area contributed by atoms with Gasteiger partial charge < -0.3 is 9.88 Å². The fourth-order valence-electron chi connectivity index (χ4n) is 3.04. The summed E-state index contributed by atoms with van der Waals surface area (Å²) in [6, 6.07) is 13.0. The molecule has 0 spiro atoms. The Balaban J connectivity index is 1.79. The molecular weight excluding hydrogens is 412 g/mol. The summed E-state index contributed by atoms with van der Waals surface area (Å²) < 4.78 is 27.6. The van der Waals surface area contributed by atoms with Crippen molar-refractivity contribution in [3.8, 4) is 5.69 Å². The van der Waals surface area contributed by atoms with Crippen molar-refractivity contribution in [2.75, 3.05) is 10.6 Å². The van der Waals surface area contributed by atoms with Crippen LogP contribution in [0.2, 0.25) is 5.02 Å². The Labute approximate surface area is 175 Å². The molecule has 1 atom stereocenters. The van der Waals surface area contributed by atoms with Gasteiger partial charge >= 0.3 is 0 Å². The third-order valence-electron chi connectivity index (χ3n) is 4.40. The zero-order valence-electron chi connectivity index (χ0n) is 16.0. The van der Waals surface area contributed by atoms with E-state index in [-0.39, 0.29) is 6.54 Å². The van der Waals surface area contributed by atoms with E-state index in [1.807, 2.05) is 35.0 Å². The molecule has 0 bridgehead atoms. The molecule has 152 valence electrons. The second kappa shape index (κ2) is 8.67. The zero-order valence-corrected chi connectivity index (χ0v) is 17.6. The van der Waals surface area contributed by atoms with Crippen molar-refractivity contribution < 1.29 is 13.2 Å². The molecule has 0 saturated carbocycles. The number of hydrogen-bond donors (Lipinski definition) is 1. The molecule has 1 heterocycles. The number of nitrogens with zero attached hydrogens (tertiary/aromatic N) is 3. The van der Waals surface area contributed by atoms with Crippen LogP contribution in [0.25, 0.3) is 5.69 Å². The monoisotopic (exact) mass is 432 g/mol. The Bertz CT molecular complexity index is 1080. The van der Waals surface area contributed by atoms with E-state index in [0.717, 1.165) is 21.8 Å². The number of nitrogens with one attached hydrogen (secondary N) is 1. The van der Waals surface area contributed by atoms with Crippen LogP contribution in [0.5, 0.6) is 0 Å². The first-order valence-corrected chi connectivity index (χ1v) is 11.1. The molecule has 29 heavy (non-hydrogen) atoms. The van der Waals surface area contributed by atoms with Gasteiger partial charge in [0.2, 0.25) is 15.9 Å². The summed E-state index contributed by atoms with van der Waals surface area (Å²) in [4.78, 5) is 16.8. The summed E-state index contributed by atoms with van der Waals surface area (Å²) in [5, 5.41) is 3.31. The van der Waals surface area contributed by atoms with Crippen LogP contribution in [-0.4, -0.2) is 36.2 Å². The van der Waals surface area contributed by atoms with Crippen molar-refractivity contribution in [2.24, 2.45) is 0 Å². The molecule has 0 unspecified atom stereocenters. The first kappa shape index (κ1) is 20.9. The third kappa shape index (κ3) is 4.96. The fourth-order valence-corrected chi connectivity index (χ4v) is 4.34. The van der Waals surface area contributed by atoms with E-state index in [2.05, 4.69) is 10.3 Å². The minimum absolute atomic E-state index is 0.246. The summed E-state index contributed by atoms with van der Waals surface area (Å²) in [5.74, 6) is -0.411. The number of anilines is 1. The standard InChI is InChI=1S/C20H21ClN4O3S/c1-15(25(29(2,27)28)18-9-7-17(21)8-10-18)20(26)23-13-16-5-3-4-6-19(16)24-12-11-22-14-24/h3-12,14-15H,13H2,1-2H3,(H,23,26)/t15-/m1/s1. The predicted octanol–water partition coefficient (Wildman–Crippen LogP) is 3.00. The number of halogens is 1. The molecule has 3 rings (SSSR count).